The zero-order valence-corrected chi connectivity index (χ0v) is 10.1. The Morgan fingerprint density at radius 2 is 2.00 bits per heavy atom. The van der Waals surface area contributed by atoms with Crippen molar-refractivity contribution in [1.29, 1.82) is 5.26 Å². The van der Waals surface area contributed by atoms with Crippen molar-refractivity contribution in [1.82, 2.24) is 4.98 Å². The Balaban J connectivity index is 2.01. The second-order valence-corrected chi connectivity index (χ2v) is 4.69. The van der Waals surface area contributed by atoms with Crippen LogP contribution in [0.15, 0.2) is 59.8 Å². The molecular weight excluding hydrogens is 228 g/mol. The third-order valence-electron chi connectivity index (χ3n) is 2.40. The molecule has 0 aliphatic carbocycles. The van der Waals surface area contributed by atoms with Crippen LogP contribution in [0.25, 0.3) is 0 Å². The maximum atomic E-state index is 9.17. The molecule has 2 aromatic rings. The van der Waals surface area contributed by atoms with E-state index >= 15 is 0 Å². The van der Waals surface area contributed by atoms with Gasteiger partial charge < -0.3 is 0 Å². The third-order valence-corrected chi connectivity index (χ3v) is 3.51. The van der Waals surface area contributed by atoms with E-state index in [0.29, 0.717) is 0 Å². The Bertz CT molecular complexity index is 491. The highest BCUT2D eigenvalue weighted by Crippen LogP contribution is 2.25. The van der Waals surface area contributed by atoms with E-state index in [4.69, 9.17) is 5.26 Å². The number of benzene rings is 1. The van der Waals surface area contributed by atoms with E-state index in [9.17, 15) is 0 Å². The number of hydrogen-bond donors (Lipinski definition) is 0. The normalized spacial score (nSPS) is 11.7. The maximum absolute atomic E-state index is 9.17. The molecule has 3 heteroatoms. The molecule has 0 bridgehead atoms. The molecular formula is C14H12N2S. The van der Waals surface area contributed by atoms with Gasteiger partial charge in [-0.15, -0.1) is 11.8 Å². The lowest BCUT2D eigenvalue weighted by Crippen LogP contribution is -1.99. The maximum Gasteiger partial charge on any atom is 0.0821 e. The average Bonchev–Trinajstić information content (AvgIpc) is 2.42. The van der Waals surface area contributed by atoms with Crippen LogP contribution in [0, 0.1) is 11.3 Å². The van der Waals surface area contributed by atoms with Gasteiger partial charge in [-0.3, -0.25) is 4.98 Å². The van der Waals surface area contributed by atoms with Crippen molar-refractivity contribution in [3.63, 3.8) is 0 Å². The molecule has 2 nitrogen and oxygen atoms in total. The highest BCUT2D eigenvalue weighted by Gasteiger charge is 2.10. The number of nitriles is 1. The van der Waals surface area contributed by atoms with Crippen LogP contribution in [0.5, 0.6) is 0 Å². The zero-order chi connectivity index (χ0) is 11.9. The molecule has 0 saturated heterocycles. The summed E-state index contributed by atoms with van der Waals surface area (Å²) in [5.41, 5.74) is 0.985. The van der Waals surface area contributed by atoms with Gasteiger partial charge in [0.25, 0.3) is 0 Å². The molecule has 0 N–H and O–H groups in total. The predicted octanol–water partition coefficient (Wildman–Crippen LogP) is 3.48. The minimum absolute atomic E-state index is 0.103. The number of nitrogens with zero attached hydrogens (tertiary/aromatic N) is 2. The van der Waals surface area contributed by atoms with Gasteiger partial charge >= 0.3 is 0 Å². The molecule has 0 aliphatic heterocycles. The van der Waals surface area contributed by atoms with E-state index in [1.54, 1.807) is 24.2 Å². The summed E-state index contributed by atoms with van der Waals surface area (Å²) in [5.74, 6) is 0.653. The van der Waals surface area contributed by atoms with Gasteiger partial charge in [0.05, 0.1) is 12.0 Å². The molecule has 17 heavy (non-hydrogen) atoms. The summed E-state index contributed by atoms with van der Waals surface area (Å²) in [6.45, 7) is 0. The molecule has 0 saturated carbocycles. The molecule has 1 aromatic carbocycles. The topological polar surface area (TPSA) is 36.7 Å². The molecule has 84 valence electrons. The van der Waals surface area contributed by atoms with E-state index in [-0.39, 0.29) is 5.92 Å². The van der Waals surface area contributed by atoms with Crippen molar-refractivity contribution in [3.8, 4) is 6.07 Å². The Morgan fingerprint density at radius 3 is 2.65 bits per heavy atom. The van der Waals surface area contributed by atoms with Gasteiger partial charge in [-0.25, -0.2) is 0 Å². The van der Waals surface area contributed by atoms with Crippen LogP contribution in [0.4, 0.5) is 0 Å². The molecule has 0 amide bonds. The van der Waals surface area contributed by atoms with Crippen molar-refractivity contribution in [2.45, 2.75) is 10.8 Å². The largest absolute Gasteiger partial charge is 0.264 e. The molecule has 0 radical (unpaired) electrons. The Hall–Kier alpha value is -1.79. The molecule has 0 aliphatic rings. The summed E-state index contributed by atoms with van der Waals surface area (Å²) in [6.07, 6.45) is 3.49. The Kier molecular flexibility index (Phi) is 4.17. The predicted molar refractivity (Wildman–Crippen MR) is 69.8 cm³/mol. The van der Waals surface area contributed by atoms with Crippen molar-refractivity contribution in [2.24, 2.45) is 0 Å². The number of thioether (sulfide) groups is 1. The minimum atomic E-state index is -0.103. The van der Waals surface area contributed by atoms with Crippen LogP contribution < -0.4 is 0 Å². The molecule has 1 heterocycles. The Morgan fingerprint density at radius 1 is 1.18 bits per heavy atom. The highest BCUT2D eigenvalue weighted by molar-refractivity contribution is 7.99. The van der Waals surface area contributed by atoms with E-state index in [0.717, 1.165) is 11.3 Å². The van der Waals surface area contributed by atoms with Gasteiger partial charge in [0.2, 0.25) is 0 Å². The van der Waals surface area contributed by atoms with Crippen LogP contribution in [-0.4, -0.2) is 10.7 Å². The summed E-state index contributed by atoms with van der Waals surface area (Å²) in [7, 11) is 0. The first-order valence-electron chi connectivity index (χ1n) is 5.37. The van der Waals surface area contributed by atoms with Crippen LogP contribution in [0.2, 0.25) is 0 Å². The smallest absolute Gasteiger partial charge is 0.0821 e. The quantitative estimate of drug-likeness (QED) is 0.768. The summed E-state index contributed by atoms with van der Waals surface area (Å²) >= 11 is 1.70. The van der Waals surface area contributed by atoms with Gasteiger partial charge in [-0.1, -0.05) is 24.3 Å². The van der Waals surface area contributed by atoms with Crippen molar-refractivity contribution in [2.75, 3.05) is 5.75 Å². The van der Waals surface area contributed by atoms with Crippen molar-refractivity contribution in [3.05, 3.63) is 60.4 Å². The van der Waals surface area contributed by atoms with E-state index in [1.165, 1.54) is 4.90 Å². The van der Waals surface area contributed by atoms with Crippen molar-refractivity contribution < 1.29 is 0 Å². The first-order chi connectivity index (χ1) is 8.40. The van der Waals surface area contributed by atoms with Crippen LogP contribution in [0.1, 0.15) is 11.5 Å². The molecule has 1 unspecified atom stereocenters. The Labute approximate surface area is 105 Å². The van der Waals surface area contributed by atoms with Gasteiger partial charge in [-0.2, -0.15) is 5.26 Å². The lowest BCUT2D eigenvalue weighted by molar-refractivity contribution is 0.980. The monoisotopic (exact) mass is 240 g/mol. The number of pyridine rings is 1. The summed E-state index contributed by atoms with van der Waals surface area (Å²) in [6, 6.07) is 16.3. The first kappa shape index (κ1) is 11.7. The van der Waals surface area contributed by atoms with E-state index in [2.05, 4.69) is 23.2 Å². The fourth-order valence-corrected chi connectivity index (χ4v) is 2.46. The SMILES string of the molecule is N#CC(CSc1ccccc1)c1cccnc1. The van der Waals surface area contributed by atoms with Crippen LogP contribution in [-0.2, 0) is 0 Å². The van der Waals surface area contributed by atoms with Gasteiger partial charge in [0.15, 0.2) is 0 Å². The third kappa shape index (κ3) is 3.33. The van der Waals surface area contributed by atoms with Gasteiger partial charge in [0.1, 0.15) is 0 Å². The molecule has 2 rings (SSSR count). The van der Waals surface area contributed by atoms with Gasteiger partial charge in [-0.05, 0) is 23.8 Å². The van der Waals surface area contributed by atoms with Gasteiger partial charge in [0, 0.05) is 23.0 Å². The summed E-state index contributed by atoms with van der Waals surface area (Å²) in [4.78, 5) is 5.24. The molecule has 1 atom stereocenters. The second kappa shape index (κ2) is 6.07. The van der Waals surface area contributed by atoms with E-state index in [1.807, 2.05) is 30.3 Å². The second-order valence-electron chi connectivity index (χ2n) is 3.59. The number of aromatic nitrogens is 1. The highest BCUT2D eigenvalue weighted by atomic mass is 32.2. The lowest BCUT2D eigenvalue weighted by atomic mass is 10.1. The molecule has 0 fully saturated rings. The van der Waals surface area contributed by atoms with E-state index < -0.39 is 0 Å². The van der Waals surface area contributed by atoms with Crippen LogP contribution >= 0.6 is 11.8 Å². The number of rotatable bonds is 4. The fraction of sp³-hybridized carbons (Fsp3) is 0.143. The molecule has 0 spiro atoms. The standard InChI is InChI=1S/C14H12N2S/c15-9-13(12-5-4-8-16-10-12)11-17-14-6-2-1-3-7-14/h1-8,10,13H,11H2. The fourth-order valence-electron chi connectivity index (χ4n) is 1.49. The first-order valence-corrected chi connectivity index (χ1v) is 6.36. The van der Waals surface area contributed by atoms with Crippen molar-refractivity contribution >= 4 is 11.8 Å². The minimum Gasteiger partial charge on any atom is -0.264 e. The summed E-state index contributed by atoms with van der Waals surface area (Å²) < 4.78 is 0. The number of hydrogen-bond acceptors (Lipinski definition) is 3. The molecule has 1 aromatic heterocycles. The zero-order valence-electron chi connectivity index (χ0n) is 9.28. The average molecular weight is 240 g/mol. The lowest BCUT2D eigenvalue weighted by Gasteiger charge is -2.08. The van der Waals surface area contributed by atoms with Crippen LogP contribution in [0.3, 0.4) is 0 Å². The summed E-state index contributed by atoms with van der Waals surface area (Å²) in [5, 5.41) is 9.17.